The summed E-state index contributed by atoms with van der Waals surface area (Å²) in [4.78, 5) is 17.0. The Morgan fingerprint density at radius 3 is 2.33 bits per heavy atom. The summed E-state index contributed by atoms with van der Waals surface area (Å²) < 4.78 is 29.3. The molecule has 1 aromatic rings. The van der Waals surface area contributed by atoms with Crippen LogP contribution in [0.25, 0.3) is 0 Å². The number of nitrogens with one attached hydrogen (secondary N) is 1. The number of urea groups is 1. The fraction of sp³-hybridized carbons (Fsp3) is 0.696. The summed E-state index contributed by atoms with van der Waals surface area (Å²) in [6.07, 6.45) is 5.25. The van der Waals surface area contributed by atoms with Crippen LogP contribution in [-0.2, 0) is 10.2 Å². The number of carbonyl (C=O) groups is 1. The largest absolute Gasteiger partial charge is 0.370 e. The van der Waals surface area contributed by atoms with E-state index >= 15 is 0 Å². The van der Waals surface area contributed by atoms with Gasteiger partial charge < -0.3 is 15.1 Å². The lowest BCUT2D eigenvalue weighted by Crippen LogP contribution is -2.55. The normalized spacial score (nSPS) is 21.4. The Bertz CT molecular complexity index is 922. The molecule has 0 radical (unpaired) electrons. The number of aryl methyl sites for hydroxylation is 1. The summed E-state index contributed by atoms with van der Waals surface area (Å²) >= 11 is 1.99. The molecule has 3 fully saturated rings. The summed E-state index contributed by atoms with van der Waals surface area (Å²) in [5, 5.41) is 3.02. The molecule has 1 aliphatic carbocycles. The van der Waals surface area contributed by atoms with E-state index in [-0.39, 0.29) is 12.1 Å². The molecule has 3 aliphatic rings. The SMILES string of the molecule is Cc1cc(N2CCSCC2)ccc1NC(=O)N1CCN(S(=O)(=O)N(C)C2CCCCC2)CC1. The number of thioether (sulfide) groups is 1. The highest BCUT2D eigenvalue weighted by molar-refractivity contribution is 7.99. The van der Waals surface area contributed by atoms with Crippen LogP contribution in [0.1, 0.15) is 37.7 Å². The van der Waals surface area contributed by atoms with Crippen LogP contribution in [0.4, 0.5) is 16.2 Å². The molecule has 8 nitrogen and oxygen atoms in total. The molecular formula is C23H37N5O3S2. The molecule has 184 valence electrons. The molecule has 2 aliphatic heterocycles. The number of anilines is 2. The van der Waals surface area contributed by atoms with E-state index in [4.69, 9.17) is 0 Å². The third-order valence-electron chi connectivity index (χ3n) is 7.13. The van der Waals surface area contributed by atoms with Gasteiger partial charge in [0, 0.05) is 75.2 Å². The van der Waals surface area contributed by atoms with E-state index in [0.717, 1.165) is 61.5 Å². The number of rotatable bonds is 5. The number of carbonyl (C=O) groups excluding carboxylic acids is 1. The maximum absolute atomic E-state index is 13.1. The van der Waals surface area contributed by atoms with Gasteiger partial charge >= 0.3 is 6.03 Å². The number of benzene rings is 1. The highest BCUT2D eigenvalue weighted by Gasteiger charge is 2.35. The van der Waals surface area contributed by atoms with Crippen molar-refractivity contribution in [2.75, 3.05) is 68.0 Å². The quantitative estimate of drug-likeness (QED) is 0.679. The smallest absolute Gasteiger partial charge is 0.321 e. The molecule has 4 rings (SSSR count). The van der Waals surface area contributed by atoms with E-state index < -0.39 is 10.2 Å². The topological polar surface area (TPSA) is 76.2 Å². The molecule has 1 N–H and O–H groups in total. The van der Waals surface area contributed by atoms with Gasteiger partial charge in [0.15, 0.2) is 0 Å². The Hall–Kier alpha value is -1.49. The standard InChI is InChI=1S/C23H37N5O3S2/c1-19-18-21(26-14-16-32-17-15-26)8-9-22(19)24-23(29)27-10-12-28(13-11-27)33(30,31)25(2)20-6-4-3-5-7-20/h8-9,18,20H,3-7,10-17H2,1-2H3,(H,24,29). The number of hydrogen-bond donors (Lipinski definition) is 1. The molecule has 0 bridgehead atoms. The molecule has 2 saturated heterocycles. The Balaban J connectivity index is 1.31. The fourth-order valence-corrected chi connectivity index (χ4v) is 7.42. The monoisotopic (exact) mass is 495 g/mol. The van der Waals surface area contributed by atoms with Crippen LogP contribution in [-0.4, -0.2) is 91.8 Å². The van der Waals surface area contributed by atoms with Gasteiger partial charge in [0.05, 0.1) is 0 Å². The molecule has 2 amide bonds. The number of amides is 2. The Kier molecular flexibility index (Phi) is 8.09. The van der Waals surface area contributed by atoms with Crippen molar-refractivity contribution in [3.05, 3.63) is 23.8 Å². The first-order chi connectivity index (χ1) is 15.9. The summed E-state index contributed by atoms with van der Waals surface area (Å²) in [5.41, 5.74) is 3.04. The van der Waals surface area contributed by atoms with Crippen molar-refractivity contribution < 1.29 is 13.2 Å². The molecular weight excluding hydrogens is 458 g/mol. The van der Waals surface area contributed by atoms with E-state index in [1.807, 2.05) is 24.8 Å². The molecule has 2 heterocycles. The zero-order valence-electron chi connectivity index (χ0n) is 19.8. The minimum Gasteiger partial charge on any atom is -0.370 e. The average Bonchev–Trinajstić information content (AvgIpc) is 2.86. The predicted molar refractivity (Wildman–Crippen MR) is 136 cm³/mol. The highest BCUT2D eigenvalue weighted by Crippen LogP contribution is 2.27. The van der Waals surface area contributed by atoms with Gasteiger partial charge in [-0.3, -0.25) is 0 Å². The highest BCUT2D eigenvalue weighted by atomic mass is 32.2. The number of nitrogens with zero attached hydrogens (tertiary/aromatic N) is 4. The first kappa shape index (κ1) is 24.6. The van der Waals surface area contributed by atoms with Crippen molar-refractivity contribution in [1.82, 2.24) is 13.5 Å². The number of hydrogen-bond acceptors (Lipinski definition) is 5. The first-order valence-electron chi connectivity index (χ1n) is 12.1. The Labute approximate surface area is 202 Å². The molecule has 33 heavy (non-hydrogen) atoms. The lowest BCUT2D eigenvalue weighted by Gasteiger charge is -2.38. The Morgan fingerprint density at radius 2 is 1.70 bits per heavy atom. The van der Waals surface area contributed by atoms with Crippen LogP contribution in [0.3, 0.4) is 0 Å². The molecule has 1 aromatic carbocycles. The zero-order chi connectivity index (χ0) is 23.4. The zero-order valence-corrected chi connectivity index (χ0v) is 21.5. The number of piperazine rings is 1. The van der Waals surface area contributed by atoms with E-state index in [1.54, 1.807) is 16.3 Å². The first-order valence-corrected chi connectivity index (χ1v) is 14.6. The lowest BCUT2D eigenvalue weighted by molar-refractivity contribution is 0.178. The van der Waals surface area contributed by atoms with Gasteiger partial charge in [0.2, 0.25) is 0 Å². The van der Waals surface area contributed by atoms with Gasteiger partial charge in [-0.25, -0.2) is 4.79 Å². The summed E-state index contributed by atoms with van der Waals surface area (Å²) in [7, 11) is -1.78. The second-order valence-electron chi connectivity index (χ2n) is 9.23. The van der Waals surface area contributed by atoms with Gasteiger partial charge in [-0.1, -0.05) is 19.3 Å². The van der Waals surface area contributed by atoms with Crippen LogP contribution in [0.15, 0.2) is 18.2 Å². The van der Waals surface area contributed by atoms with Crippen LogP contribution < -0.4 is 10.2 Å². The van der Waals surface area contributed by atoms with E-state index in [1.165, 1.54) is 16.4 Å². The fourth-order valence-electron chi connectivity index (χ4n) is 4.94. The molecule has 1 saturated carbocycles. The minimum atomic E-state index is -3.49. The van der Waals surface area contributed by atoms with E-state index in [2.05, 4.69) is 22.3 Å². The third kappa shape index (κ3) is 5.78. The van der Waals surface area contributed by atoms with Crippen molar-refractivity contribution >= 4 is 39.4 Å². The molecule has 0 spiro atoms. The molecule has 0 aromatic heterocycles. The van der Waals surface area contributed by atoms with Crippen molar-refractivity contribution in [1.29, 1.82) is 0 Å². The summed E-state index contributed by atoms with van der Waals surface area (Å²) in [6, 6.07) is 6.11. The van der Waals surface area contributed by atoms with Crippen LogP contribution >= 0.6 is 11.8 Å². The summed E-state index contributed by atoms with van der Waals surface area (Å²) in [6.45, 7) is 5.58. The van der Waals surface area contributed by atoms with Crippen molar-refractivity contribution in [2.24, 2.45) is 0 Å². The lowest BCUT2D eigenvalue weighted by atomic mass is 9.96. The Morgan fingerprint density at radius 1 is 1.03 bits per heavy atom. The average molecular weight is 496 g/mol. The second kappa shape index (κ2) is 10.8. The van der Waals surface area contributed by atoms with Gasteiger partial charge in [-0.2, -0.15) is 28.8 Å². The van der Waals surface area contributed by atoms with Crippen LogP contribution in [0.5, 0.6) is 0 Å². The van der Waals surface area contributed by atoms with E-state index in [0.29, 0.717) is 26.2 Å². The molecule has 10 heteroatoms. The van der Waals surface area contributed by atoms with Crippen molar-refractivity contribution in [3.63, 3.8) is 0 Å². The van der Waals surface area contributed by atoms with Gasteiger partial charge in [-0.05, 0) is 43.5 Å². The summed E-state index contributed by atoms with van der Waals surface area (Å²) in [5.74, 6) is 2.30. The van der Waals surface area contributed by atoms with Gasteiger partial charge in [-0.15, -0.1) is 0 Å². The van der Waals surface area contributed by atoms with Crippen LogP contribution in [0.2, 0.25) is 0 Å². The maximum atomic E-state index is 13.1. The minimum absolute atomic E-state index is 0.0970. The molecule has 0 unspecified atom stereocenters. The third-order valence-corrected chi connectivity index (χ3v) is 10.1. The van der Waals surface area contributed by atoms with E-state index in [9.17, 15) is 13.2 Å². The predicted octanol–water partition coefficient (Wildman–Crippen LogP) is 3.21. The van der Waals surface area contributed by atoms with Gasteiger partial charge in [0.25, 0.3) is 10.2 Å². The second-order valence-corrected chi connectivity index (χ2v) is 12.4. The maximum Gasteiger partial charge on any atom is 0.321 e. The van der Waals surface area contributed by atoms with Crippen molar-refractivity contribution in [2.45, 2.75) is 45.1 Å². The molecule has 0 atom stereocenters. The van der Waals surface area contributed by atoms with Gasteiger partial charge in [0.1, 0.15) is 0 Å². The van der Waals surface area contributed by atoms with Crippen LogP contribution in [0, 0.1) is 6.92 Å². The van der Waals surface area contributed by atoms with Crippen molar-refractivity contribution in [3.8, 4) is 0 Å².